The van der Waals surface area contributed by atoms with Gasteiger partial charge in [-0.05, 0) is 62.7 Å². The van der Waals surface area contributed by atoms with Crippen molar-refractivity contribution in [3.05, 3.63) is 95.7 Å². The zero-order valence-corrected chi connectivity index (χ0v) is 18.8. The number of fused-ring (bicyclic) bond motifs is 3. The number of anilines is 1. The summed E-state index contributed by atoms with van der Waals surface area (Å²) in [7, 11) is 0. The number of hydrogen-bond acceptors (Lipinski definition) is 5. The summed E-state index contributed by atoms with van der Waals surface area (Å²) < 4.78 is 13.8. The molecule has 0 unspecified atom stereocenters. The van der Waals surface area contributed by atoms with Gasteiger partial charge in [0.1, 0.15) is 11.5 Å². The molecule has 0 fully saturated rings. The summed E-state index contributed by atoms with van der Waals surface area (Å²) in [5.74, 6) is 1.78. The second kappa shape index (κ2) is 8.47. The summed E-state index contributed by atoms with van der Waals surface area (Å²) in [5, 5.41) is 3.31. The lowest BCUT2D eigenvalue weighted by molar-refractivity contribution is -0.143. The molecule has 0 aliphatic carbocycles. The summed E-state index contributed by atoms with van der Waals surface area (Å²) in [6.45, 7) is 5.59. The first-order valence-electron chi connectivity index (χ1n) is 11.0. The van der Waals surface area contributed by atoms with Crippen LogP contribution in [0, 0.1) is 0 Å². The number of nitrogens with one attached hydrogen (secondary N) is 1. The summed E-state index contributed by atoms with van der Waals surface area (Å²) in [4.78, 5) is 18.0. The van der Waals surface area contributed by atoms with E-state index in [0.717, 1.165) is 28.0 Å². The quantitative estimate of drug-likeness (QED) is 0.382. The predicted molar refractivity (Wildman–Crippen MR) is 128 cm³/mol. The van der Waals surface area contributed by atoms with Crippen molar-refractivity contribution < 1.29 is 14.3 Å². The zero-order valence-electron chi connectivity index (χ0n) is 18.8. The van der Waals surface area contributed by atoms with Crippen LogP contribution in [0.1, 0.15) is 32.4 Å². The molecule has 5 rings (SSSR count). The van der Waals surface area contributed by atoms with Gasteiger partial charge in [0.05, 0.1) is 28.8 Å². The molecule has 1 atom stereocenters. The molecular formula is C27H25N3O3. The third-order valence-electron chi connectivity index (χ3n) is 5.55. The molecule has 0 saturated heterocycles. The number of aromatic nitrogens is 2. The van der Waals surface area contributed by atoms with Crippen molar-refractivity contribution in [2.24, 2.45) is 0 Å². The molecular weight excluding hydrogens is 414 g/mol. The SMILES string of the molecule is CC1=C(C(=O)OC(C)C)[C@@H](c2cccc(Oc3ccccc3)c2)n2c(nc3ccccc32)N1. The molecule has 0 saturated carbocycles. The number of allylic oxidation sites excluding steroid dienone is 1. The number of ether oxygens (including phenoxy) is 2. The Labute approximate surface area is 192 Å². The number of para-hydroxylation sites is 3. The Hall–Kier alpha value is -4.06. The minimum atomic E-state index is -0.417. The van der Waals surface area contributed by atoms with E-state index in [4.69, 9.17) is 14.5 Å². The monoisotopic (exact) mass is 439 g/mol. The molecule has 0 bridgehead atoms. The lowest BCUT2D eigenvalue weighted by atomic mass is 9.95. The van der Waals surface area contributed by atoms with Gasteiger partial charge in [0.2, 0.25) is 5.95 Å². The summed E-state index contributed by atoms with van der Waals surface area (Å²) in [5.41, 5.74) is 3.97. The number of carbonyl (C=O) groups is 1. The van der Waals surface area contributed by atoms with Crippen LogP contribution in [0.2, 0.25) is 0 Å². The van der Waals surface area contributed by atoms with E-state index in [0.29, 0.717) is 17.3 Å². The minimum absolute atomic E-state index is 0.230. The number of hydrogen-bond donors (Lipinski definition) is 1. The fourth-order valence-corrected chi connectivity index (χ4v) is 4.19. The molecule has 166 valence electrons. The molecule has 4 aromatic rings. The van der Waals surface area contributed by atoms with Crippen molar-refractivity contribution in [1.82, 2.24) is 9.55 Å². The highest BCUT2D eigenvalue weighted by Crippen LogP contribution is 2.40. The number of esters is 1. The van der Waals surface area contributed by atoms with E-state index in [2.05, 4.69) is 9.88 Å². The molecule has 2 heterocycles. The molecule has 0 amide bonds. The molecule has 1 aliphatic rings. The van der Waals surface area contributed by atoms with E-state index in [1.165, 1.54) is 0 Å². The lowest BCUT2D eigenvalue weighted by Crippen LogP contribution is -2.30. The number of benzene rings is 3. The first-order chi connectivity index (χ1) is 16.0. The lowest BCUT2D eigenvalue weighted by Gasteiger charge is -2.30. The molecule has 6 nitrogen and oxygen atoms in total. The van der Waals surface area contributed by atoms with Crippen molar-refractivity contribution in [3.63, 3.8) is 0 Å². The van der Waals surface area contributed by atoms with Crippen molar-refractivity contribution in [1.29, 1.82) is 0 Å². The van der Waals surface area contributed by atoms with Gasteiger partial charge in [-0.25, -0.2) is 9.78 Å². The number of imidazole rings is 1. The second-order valence-electron chi connectivity index (χ2n) is 8.30. The third kappa shape index (κ3) is 3.96. The van der Waals surface area contributed by atoms with Gasteiger partial charge in [-0.1, -0.05) is 42.5 Å². The average molecular weight is 440 g/mol. The molecule has 0 spiro atoms. The molecule has 1 N–H and O–H groups in total. The zero-order chi connectivity index (χ0) is 22.9. The van der Waals surface area contributed by atoms with E-state index >= 15 is 0 Å². The molecule has 0 radical (unpaired) electrons. The van der Waals surface area contributed by atoms with Crippen molar-refractivity contribution in [2.75, 3.05) is 5.32 Å². The van der Waals surface area contributed by atoms with Crippen LogP contribution in [0.25, 0.3) is 11.0 Å². The average Bonchev–Trinajstić information content (AvgIpc) is 3.16. The summed E-state index contributed by atoms with van der Waals surface area (Å²) in [6, 6.07) is 24.9. The Morgan fingerprint density at radius 2 is 1.70 bits per heavy atom. The van der Waals surface area contributed by atoms with E-state index in [-0.39, 0.29) is 12.1 Å². The fraction of sp³-hybridized carbons (Fsp3) is 0.185. The first kappa shape index (κ1) is 20.8. The Morgan fingerprint density at radius 1 is 0.970 bits per heavy atom. The maximum Gasteiger partial charge on any atom is 0.338 e. The number of carbonyl (C=O) groups excluding carboxylic acids is 1. The van der Waals surface area contributed by atoms with Crippen LogP contribution in [0.4, 0.5) is 5.95 Å². The second-order valence-corrected chi connectivity index (χ2v) is 8.30. The maximum atomic E-state index is 13.3. The standard InChI is InChI=1S/C27H25N3O3/c1-17(2)32-26(31)24-18(3)28-27-29-22-14-7-8-15-23(22)30(27)25(24)19-10-9-13-21(16-19)33-20-11-5-4-6-12-20/h4-17,25H,1-3H3,(H,28,29)/t25-/m1/s1. The van der Waals surface area contributed by atoms with Crippen LogP contribution >= 0.6 is 0 Å². The molecule has 1 aliphatic heterocycles. The topological polar surface area (TPSA) is 65.4 Å². The molecule has 6 heteroatoms. The van der Waals surface area contributed by atoms with E-state index < -0.39 is 6.04 Å². The van der Waals surface area contributed by atoms with Crippen molar-refractivity contribution in [3.8, 4) is 11.5 Å². The van der Waals surface area contributed by atoms with Crippen LogP contribution in [-0.4, -0.2) is 21.6 Å². The Kier molecular flexibility index (Phi) is 5.34. The highest BCUT2D eigenvalue weighted by atomic mass is 16.5. The van der Waals surface area contributed by atoms with Crippen molar-refractivity contribution >= 4 is 23.0 Å². The Bertz CT molecular complexity index is 1360. The summed E-state index contributed by atoms with van der Waals surface area (Å²) in [6.07, 6.45) is -0.230. The highest BCUT2D eigenvalue weighted by Gasteiger charge is 2.35. The predicted octanol–water partition coefficient (Wildman–Crippen LogP) is 6.07. The van der Waals surface area contributed by atoms with Gasteiger partial charge in [-0.15, -0.1) is 0 Å². The van der Waals surface area contributed by atoms with E-state index in [9.17, 15) is 4.79 Å². The molecule has 1 aromatic heterocycles. The number of nitrogens with zero attached hydrogens (tertiary/aromatic N) is 2. The van der Waals surface area contributed by atoms with Gasteiger partial charge in [0.25, 0.3) is 0 Å². The van der Waals surface area contributed by atoms with Crippen LogP contribution in [0.15, 0.2) is 90.1 Å². The van der Waals surface area contributed by atoms with E-state index in [1.807, 2.05) is 99.6 Å². The van der Waals surface area contributed by atoms with Crippen LogP contribution in [0.3, 0.4) is 0 Å². The minimum Gasteiger partial charge on any atom is -0.459 e. The van der Waals surface area contributed by atoms with Gasteiger partial charge in [-0.3, -0.25) is 4.57 Å². The van der Waals surface area contributed by atoms with E-state index in [1.54, 1.807) is 0 Å². The smallest absolute Gasteiger partial charge is 0.338 e. The molecule has 33 heavy (non-hydrogen) atoms. The van der Waals surface area contributed by atoms with Crippen LogP contribution in [-0.2, 0) is 9.53 Å². The van der Waals surface area contributed by atoms with Gasteiger partial charge >= 0.3 is 5.97 Å². The van der Waals surface area contributed by atoms with Gasteiger partial charge in [0, 0.05) is 5.70 Å². The maximum absolute atomic E-state index is 13.3. The largest absolute Gasteiger partial charge is 0.459 e. The molecule has 3 aromatic carbocycles. The number of rotatable bonds is 5. The van der Waals surface area contributed by atoms with Gasteiger partial charge in [-0.2, -0.15) is 0 Å². The Morgan fingerprint density at radius 3 is 2.48 bits per heavy atom. The van der Waals surface area contributed by atoms with Gasteiger partial charge in [0.15, 0.2) is 0 Å². The van der Waals surface area contributed by atoms with Crippen LogP contribution < -0.4 is 10.1 Å². The van der Waals surface area contributed by atoms with Crippen LogP contribution in [0.5, 0.6) is 11.5 Å². The van der Waals surface area contributed by atoms with Crippen molar-refractivity contribution in [2.45, 2.75) is 32.9 Å². The Balaban J connectivity index is 1.65. The highest BCUT2D eigenvalue weighted by molar-refractivity contribution is 5.94. The first-order valence-corrected chi connectivity index (χ1v) is 11.0. The van der Waals surface area contributed by atoms with Gasteiger partial charge < -0.3 is 14.8 Å². The summed E-state index contributed by atoms with van der Waals surface area (Å²) >= 11 is 0. The normalized spacial score (nSPS) is 15.3. The fourth-order valence-electron chi connectivity index (χ4n) is 4.19. The third-order valence-corrected chi connectivity index (χ3v) is 5.55.